The van der Waals surface area contributed by atoms with Gasteiger partial charge in [-0.05, 0) is 25.5 Å². The van der Waals surface area contributed by atoms with Crippen molar-refractivity contribution in [3.63, 3.8) is 0 Å². The predicted molar refractivity (Wildman–Crippen MR) is 113 cm³/mol. The molecule has 3 aromatic heterocycles. The molecular formula is C20H22N6O3S. The first kappa shape index (κ1) is 20.2. The highest BCUT2D eigenvalue weighted by Gasteiger charge is 2.24. The van der Waals surface area contributed by atoms with Gasteiger partial charge in [0.1, 0.15) is 22.3 Å². The molecule has 3 aromatic rings. The molecule has 2 N–H and O–H groups in total. The minimum Gasteiger partial charge on any atom is -0.458 e. The molecule has 0 bridgehead atoms. The van der Waals surface area contributed by atoms with Crippen LogP contribution in [0, 0.1) is 6.92 Å². The Morgan fingerprint density at radius 1 is 1.33 bits per heavy atom. The van der Waals surface area contributed by atoms with Gasteiger partial charge in [-0.3, -0.25) is 14.5 Å². The lowest BCUT2D eigenvalue weighted by Gasteiger charge is -2.16. The fraction of sp³-hybridized carbons (Fsp3) is 0.350. The quantitative estimate of drug-likeness (QED) is 0.622. The van der Waals surface area contributed by atoms with E-state index in [-0.39, 0.29) is 24.4 Å². The van der Waals surface area contributed by atoms with Crippen LogP contribution in [0.2, 0.25) is 0 Å². The summed E-state index contributed by atoms with van der Waals surface area (Å²) in [5, 5.41) is 8.35. The molecule has 0 aliphatic carbocycles. The van der Waals surface area contributed by atoms with E-state index in [1.54, 1.807) is 18.3 Å². The third-order valence-corrected chi connectivity index (χ3v) is 5.45. The van der Waals surface area contributed by atoms with Crippen molar-refractivity contribution in [2.45, 2.75) is 26.3 Å². The van der Waals surface area contributed by atoms with Gasteiger partial charge in [0.2, 0.25) is 11.8 Å². The van der Waals surface area contributed by atoms with Gasteiger partial charge in [0.25, 0.3) is 0 Å². The fourth-order valence-electron chi connectivity index (χ4n) is 3.40. The number of hydrogen-bond acceptors (Lipinski definition) is 8. The van der Waals surface area contributed by atoms with Crippen LogP contribution >= 0.6 is 11.3 Å². The number of nitrogens with zero attached hydrogens (tertiary/aromatic N) is 4. The molecule has 1 saturated heterocycles. The number of amides is 2. The number of thiazole rings is 1. The Hall–Kier alpha value is -3.11. The third-order valence-electron chi connectivity index (χ3n) is 4.65. The monoisotopic (exact) mass is 426 g/mol. The minimum atomic E-state index is -0.177. The standard InChI is InChI=1S/C20H22N6O3S/c1-12-3-4-16(29-12)19-23-15(20-21-6-8-30-20)9-17(25-19)24-18(28)11-26-7-5-14(10-26)22-13(2)27/h3-4,6,8-9,14H,5,7,10-11H2,1-2H3,(H,22,27)(H,23,24,25,28). The zero-order valence-electron chi connectivity index (χ0n) is 16.7. The zero-order valence-corrected chi connectivity index (χ0v) is 17.5. The summed E-state index contributed by atoms with van der Waals surface area (Å²) in [6, 6.07) is 5.43. The van der Waals surface area contributed by atoms with Crippen LogP contribution in [0.5, 0.6) is 0 Å². The van der Waals surface area contributed by atoms with Gasteiger partial charge in [-0.15, -0.1) is 11.3 Å². The van der Waals surface area contributed by atoms with Crippen LogP contribution in [-0.4, -0.2) is 57.3 Å². The van der Waals surface area contributed by atoms with Crippen molar-refractivity contribution in [3.8, 4) is 22.3 Å². The van der Waals surface area contributed by atoms with E-state index in [9.17, 15) is 9.59 Å². The zero-order chi connectivity index (χ0) is 21.1. The van der Waals surface area contributed by atoms with Crippen LogP contribution in [0.25, 0.3) is 22.3 Å². The Morgan fingerprint density at radius 2 is 2.20 bits per heavy atom. The highest BCUT2D eigenvalue weighted by atomic mass is 32.1. The Balaban J connectivity index is 1.50. The number of likely N-dealkylation sites (tertiary alicyclic amines) is 1. The summed E-state index contributed by atoms with van der Waals surface area (Å²) in [5.74, 6) is 1.83. The maximum Gasteiger partial charge on any atom is 0.239 e. The van der Waals surface area contributed by atoms with Gasteiger partial charge in [-0.25, -0.2) is 15.0 Å². The predicted octanol–water partition coefficient (Wildman–Crippen LogP) is 2.32. The van der Waals surface area contributed by atoms with Gasteiger partial charge in [-0.2, -0.15) is 0 Å². The molecule has 1 unspecified atom stereocenters. The van der Waals surface area contributed by atoms with E-state index in [1.165, 1.54) is 18.3 Å². The van der Waals surface area contributed by atoms with Crippen LogP contribution in [0.3, 0.4) is 0 Å². The van der Waals surface area contributed by atoms with Crippen molar-refractivity contribution in [1.82, 2.24) is 25.2 Å². The number of nitrogens with one attached hydrogen (secondary N) is 2. The van der Waals surface area contributed by atoms with E-state index >= 15 is 0 Å². The summed E-state index contributed by atoms with van der Waals surface area (Å²) in [6.07, 6.45) is 2.53. The van der Waals surface area contributed by atoms with E-state index in [4.69, 9.17) is 4.42 Å². The average molecular weight is 427 g/mol. The number of hydrogen-bond donors (Lipinski definition) is 2. The van der Waals surface area contributed by atoms with E-state index < -0.39 is 0 Å². The van der Waals surface area contributed by atoms with E-state index in [0.717, 1.165) is 23.7 Å². The number of aryl methyl sites for hydroxylation is 1. The average Bonchev–Trinajstić information content (AvgIpc) is 3.43. The molecule has 30 heavy (non-hydrogen) atoms. The lowest BCUT2D eigenvalue weighted by atomic mass is 10.3. The Morgan fingerprint density at radius 3 is 2.90 bits per heavy atom. The van der Waals surface area contributed by atoms with Crippen LogP contribution in [0.15, 0.2) is 34.2 Å². The molecular weight excluding hydrogens is 404 g/mol. The van der Waals surface area contributed by atoms with Crippen molar-refractivity contribution in [1.29, 1.82) is 0 Å². The smallest absolute Gasteiger partial charge is 0.239 e. The maximum absolute atomic E-state index is 12.6. The van der Waals surface area contributed by atoms with Crippen LogP contribution in [0.1, 0.15) is 19.1 Å². The van der Waals surface area contributed by atoms with Crippen molar-refractivity contribution in [2.24, 2.45) is 0 Å². The lowest BCUT2D eigenvalue weighted by molar-refractivity contribution is -0.119. The molecule has 1 aliphatic heterocycles. The molecule has 1 atom stereocenters. The first-order valence-corrected chi connectivity index (χ1v) is 10.5. The van der Waals surface area contributed by atoms with E-state index in [1.807, 2.05) is 23.3 Å². The molecule has 0 radical (unpaired) electrons. The second-order valence-corrected chi connectivity index (χ2v) is 8.07. The van der Waals surface area contributed by atoms with Gasteiger partial charge < -0.3 is 15.1 Å². The third kappa shape index (κ3) is 4.89. The van der Waals surface area contributed by atoms with Crippen LogP contribution in [-0.2, 0) is 9.59 Å². The number of anilines is 1. The molecule has 0 spiro atoms. The number of carbonyl (C=O) groups is 2. The summed E-state index contributed by atoms with van der Waals surface area (Å²) in [4.78, 5) is 39.1. The summed E-state index contributed by atoms with van der Waals surface area (Å²) < 4.78 is 5.66. The Labute approximate surface area is 177 Å². The molecule has 1 fully saturated rings. The van der Waals surface area contributed by atoms with E-state index in [0.29, 0.717) is 29.6 Å². The van der Waals surface area contributed by atoms with Gasteiger partial charge >= 0.3 is 0 Å². The summed E-state index contributed by atoms with van der Waals surface area (Å²) >= 11 is 1.46. The summed E-state index contributed by atoms with van der Waals surface area (Å²) in [5.41, 5.74) is 0.617. The van der Waals surface area contributed by atoms with Crippen molar-refractivity contribution in [3.05, 3.63) is 35.5 Å². The highest BCUT2D eigenvalue weighted by molar-refractivity contribution is 7.13. The lowest BCUT2D eigenvalue weighted by Crippen LogP contribution is -2.37. The number of aromatic nitrogens is 3. The van der Waals surface area contributed by atoms with Crippen LogP contribution in [0.4, 0.5) is 5.82 Å². The van der Waals surface area contributed by atoms with E-state index in [2.05, 4.69) is 25.6 Å². The molecule has 0 saturated carbocycles. The molecule has 2 amide bonds. The number of rotatable bonds is 6. The largest absolute Gasteiger partial charge is 0.458 e. The van der Waals surface area contributed by atoms with Crippen molar-refractivity contribution >= 4 is 29.0 Å². The number of carbonyl (C=O) groups excluding carboxylic acids is 2. The second-order valence-electron chi connectivity index (χ2n) is 7.18. The molecule has 156 valence electrons. The fourth-order valence-corrected chi connectivity index (χ4v) is 4.00. The normalized spacial score (nSPS) is 16.5. The number of furan rings is 1. The van der Waals surface area contributed by atoms with Crippen LogP contribution < -0.4 is 10.6 Å². The first-order valence-electron chi connectivity index (χ1n) is 9.61. The van der Waals surface area contributed by atoms with Crippen molar-refractivity contribution < 1.29 is 14.0 Å². The Bertz CT molecular complexity index is 1050. The first-order chi connectivity index (χ1) is 14.5. The topological polar surface area (TPSA) is 113 Å². The molecule has 4 heterocycles. The second kappa shape index (κ2) is 8.72. The Kier molecular flexibility index (Phi) is 5.86. The van der Waals surface area contributed by atoms with Gasteiger partial charge in [-0.1, -0.05) is 0 Å². The summed E-state index contributed by atoms with van der Waals surface area (Å²) in [6.45, 7) is 4.98. The van der Waals surface area contributed by atoms with Crippen molar-refractivity contribution in [2.75, 3.05) is 25.0 Å². The molecule has 1 aliphatic rings. The molecule has 9 nitrogen and oxygen atoms in total. The summed E-state index contributed by atoms with van der Waals surface area (Å²) in [7, 11) is 0. The SMILES string of the molecule is CC(=O)NC1CCN(CC(=O)Nc2cc(-c3nccs3)nc(-c3ccc(C)o3)n2)C1. The maximum atomic E-state index is 12.6. The molecule has 0 aromatic carbocycles. The van der Waals surface area contributed by atoms with Gasteiger partial charge in [0.15, 0.2) is 11.6 Å². The highest BCUT2D eigenvalue weighted by Crippen LogP contribution is 2.26. The molecule has 4 rings (SSSR count). The van der Waals surface area contributed by atoms with Gasteiger partial charge in [0, 0.05) is 43.7 Å². The van der Waals surface area contributed by atoms with Gasteiger partial charge in [0.05, 0.1) is 6.54 Å². The molecule has 10 heteroatoms. The minimum absolute atomic E-state index is 0.0531.